The molecule has 1 saturated heterocycles. The SMILES string of the molecule is COc1cc2[nH]c3cc(-c4ccc(CN5CCOCC5)cc4)ccc3c(=O)c2cc1Cl. The summed E-state index contributed by atoms with van der Waals surface area (Å²) in [7, 11) is 1.56. The number of aromatic nitrogens is 1. The lowest BCUT2D eigenvalue weighted by atomic mass is 10.0. The highest BCUT2D eigenvalue weighted by Crippen LogP contribution is 2.30. The molecule has 1 aliphatic rings. The summed E-state index contributed by atoms with van der Waals surface area (Å²) in [5.74, 6) is 0.538. The predicted molar refractivity (Wildman–Crippen MR) is 125 cm³/mol. The van der Waals surface area contributed by atoms with Crippen LogP contribution in [0.5, 0.6) is 5.75 Å². The van der Waals surface area contributed by atoms with Gasteiger partial charge in [0.25, 0.3) is 0 Å². The molecule has 1 aliphatic heterocycles. The first-order valence-corrected chi connectivity index (χ1v) is 10.7. The number of ether oxygens (including phenoxy) is 2. The molecule has 0 amide bonds. The molecular formula is C25H23ClN2O3. The largest absolute Gasteiger partial charge is 0.495 e. The molecule has 5 nitrogen and oxygen atoms in total. The molecule has 0 aliphatic carbocycles. The van der Waals surface area contributed by atoms with Gasteiger partial charge in [-0.3, -0.25) is 9.69 Å². The van der Waals surface area contributed by atoms with Gasteiger partial charge in [-0.15, -0.1) is 0 Å². The van der Waals surface area contributed by atoms with Crippen LogP contribution in [0, 0.1) is 0 Å². The normalized spacial score (nSPS) is 14.9. The van der Waals surface area contributed by atoms with Gasteiger partial charge in [-0.1, -0.05) is 41.9 Å². The van der Waals surface area contributed by atoms with Crippen molar-refractivity contribution in [2.75, 3.05) is 33.4 Å². The predicted octanol–water partition coefficient (Wildman–Crippen LogP) is 4.84. The minimum absolute atomic E-state index is 0.0410. The van der Waals surface area contributed by atoms with Crippen LogP contribution >= 0.6 is 11.6 Å². The van der Waals surface area contributed by atoms with Crippen LogP contribution < -0.4 is 10.2 Å². The highest BCUT2D eigenvalue weighted by atomic mass is 35.5. The van der Waals surface area contributed by atoms with Gasteiger partial charge < -0.3 is 14.5 Å². The number of hydrogen-bond acceptors (Lipinski definition) is 4. The lowest BCUT2D eigenvalue weighted by Gasteiger charge is -2.26. The molecule has 5 rings (SSSR count). The number of nitrogens with one attached hydrogen (secondary N) is 1. The molecule has 4 aromatic rings. The van der Waals surface area contributed by atoms with Gasteiger partial charge in [0.2, 0.25) is 0 Å². The average molecular weight is 435 g/mol. The fourth-order valence-corrected chi connectivity index (χ4v) is 4.38. The summed E-state index contributed by atoms with van der Waals surface area (Å²) in [5, 5.41) is 1.62. The Labute approximate surface area is 185 Å². The number of nitrogens with zero attached hydrogens (tertiary/aromatic N) is 1. The molecule has 0 atom stereocenters. The fourth-order valence-electron chi connectivity index (χ4n) is 4.14. The number of methoxy groups -OCH3 is 1. The van der Waals surface area contributed by atoms with Crippen molar-refractivity contribution in [3.63, 3.8) is 0 Å². The number of pyridine rings is 1. The first kappa shape index (κ1) is 20.1. The zero-order valence-electron chi connectivity index (χ0n) is 17.3. The van der Waals surface area contributed by atoms with E-state index in [4.69, 9.17) is 21.1 Å². The summed E-state index contributed by atoms with van der Waals surface area (Å²) >= 11 is 6.22. The highest BCUT2D eigenvalue weighted by Gasteiger charge is 2.12. The maximum Gasteiger partial charge on any atom is 0.197 e. The van der Waals surface area contributed by atoms with Crippen molar-refractivity contribution >= 4 is 33.4 Å². The molecule has 1 fully saturated rings. The quantitative estimate of drug-likeness (QED) is 0.467. The summed E-state index contributed by atoms with van der Waals surface area (Å²) in [6, 6.07) is 17.9. The third kappa shape index (κ3) is 3.92. The third-order valence-electron chi connectivity index (χ3n) is 5.87. The van der Waals surface area contributed by atoms with Crippen molar-refractivity contribution < 1.29 is 9.47 Å². The van der Waals surface area contributed by atoms with E-state index >= 15 is 0 Å². The number of morpholine rings is 1. The summed E-state index contributed by atoms with van der Waals surface area (Å²) in [4.78, 5) is 18.8. The van der Waals surface area contributed by atoms with Crippen molar-refractivity contribution in [3.8, 4) is 16.9 Å². The van der Waals surface area contributed by atoms with E-state index in [1.54, 1.807) is 19.2 Å². The van der Waals surface area contributed by atoms with Gasteiger partial charge in [-0.25, -0.2) is 0 Å². The minimum atomic E-state index is -0.0410. The van der Waals surface area contributed by atoms with Crippen molar-refractivity contribution in [2.45, 2.75) is 6.54 Å². The molecule has 0 unspecified atom stereocenters. The second-order valence-electron chi connectivity index (χ2n) is 7.83. The van der Waals surface area contributed by atoms with Crippen LogP contribution in [0.15, 0.2) is 59.4 Å². The molecular weight excluding hydrogens is 412 g/mol. The first-order chi connectivity index (χ1) is 15.1. The van der Waals surface area contributed by atoms with E-state index < -0.39 is 0 Å². The van der Waals surface area contributed by atoms with Gasteiger partial charge in [0.05, 0.1) is 36.4 Å². The lowest BCUT2D eigenvalue weighted by molar-refractivity contribution is 0.0342. The molecule has 0 radical (unpaired) electrons. The second kappa shape index (κ2) is 8.35. The molecule has 6 heteroatoms. The minimum Gasteiger partial charge on any atom is -0.495 e. The van der Waals surface area contributed by atoms with Gasteiger partial charge in [-0.05, 0) is 34.9 Å². The van der Waals surface area contributed by atoms with Crippen LogP contribution in [-0.2, 0) is 11.3 Å². The average Bonchev–Trinajstić information content (AvgIpc) is 2.80. The monoisotopic (exact) mass is 434 g/mol. The third-order valence-corrected chi connectivity index (χ3v) is 6.16. The maximum absolute atomic E-state index is 13.0. The van der Waals surface area contributed by atoms with Crippen molar-refractivity contribution in [1.82, 2.24) is 9.88 Å². The Morgan fingerprint density at radius 2 is 1.68 bits per heavy atom. The van der Waals surface area contributed by atoms with Crippen LogP contribution in [0.25, 0.3) is 32.9 Å². The van der Waals surface area contributed by atoms with Gasteiger partial charge in [0.1, 0.15) is 5.75 Å². The molecule has 0 spiro atoms. The van der Waals surface area contributed by atoms with E-state index in [9.17, 15) is 4.79 Å². The molecule has 1 N–H and O–H groups in total. The molecule has 3 aromatic carbocycles. The van der Waals surface area contributed by atoms with Gasteiger partial charge in [0, 0.05) is 36.5 Å². The highest BCUT2D eigenvalue weighted by molar-refractivity contribution is 6.32. The van der Waals surface area contributed by atoms with Crippen molar-refractivity contribution in [2.24, 2.45) is 0 Å². The summed E-state index contributed by atoms with van der Waals surface area (Å²) < 4.78 is 10.7. The zero-order valence-corrected chi connectivity index (χ0v) is 18.0. The van der Waals surface area contributed by atoms with Crippen LogP contribution in [0.4, 0.5) is 0 Å². The van der Waals surface area contributed by atoms with Crippen LogP contribution in [0.3, 0.4) is 0 Å². The van der Waals surface area contributed by atoms with Gasteiger partial charge in [0.15, 0.2) is 5.43 Å². The number of hydrogen-bond donors (Lipinski definition) is 1. The zero-order chi connectivity index (χ0) is 21.4. The molecule has 0 saturated carbocycles. The summed E-state index contributed by atoms with van der Waals surface area (Å²) in [6.07, 6.45) is 0. The molecule has 158 valence electrons. The Balaban J connectivity index is 1.49. The van der Waals surface area contributed by atoms with Gasteiger partial charge in [-0.2, -0.15) is 0 Å². The lowest BCUT2D eigenvalue weighted by Crippen LogP contribution is -2.35. The van der Waals surface area contributed by atoms with E-state index in [0.29, 0.717) is 27.1 Å². The number of aromatic amines is 1. The molecule has 1 aromatic heterocycles. The van der Waals surface area contributed by atoms with E-state index in [1.807, 2.05) is 18.2 Å². The number of benzene rings is 3. The molecule has 2 heterocycles. The Bertz CT molecular complexity index is 1310. The number of rotatable bonds is 4. The molecule has 31 heavy (non-hydrogen) atoms. The van der Waals surface area contributed by atoms with Crippen molar-refractivity contribution in [3.05, 3.63) is 75.4 Å². The summed E-state index contributed by atoms with van der Waals surface area (Å²) in [5.41, 5.74) is 4.91. The number of halogens is 1. The van der Waals surface area contributed by atoms with E-state index in [2.05, 4.69) is 34.1 Å². The van der Waals surface area contributed by atoms with Gasteiger partial charge >= 0.3 is 0 Å². The number of fused-ring (bicyclic) bond motifs is 2. The number of H-pyrrole nitrogens is 1. The standard InChI is InChI=1S/C25H23ClN2O3/c1-30-24-14-23-20(13-21(24)26)25(29)19-7-6-18(12-22(19)27-23)17-4-2-16(3-5-17)15-28-8-10-31-11-9-28/h2-7,12-14H,8-11,15H2,1H3,(H,27,29). The van der Waals surface area contributed by atoms with Crippen molar-refractivity contribution in [1.29, 1.82) is 0 Å². The Hall–Kier alpha value is -2.86. The van der Waals surface area contributed by atoms with Crippen LogP contribution in [0.2, 0.25) is 5.02 Å². The smallest absolute Gasteiger partial charge is 0.197 e. The van der Waals surface area contributed by atoms with E-state index in [0.717, 1.165) is 49.5 Å². The topological polar surface area (TPSA) is 54.6 Å². The van der Waals surface area contributed by atoms with Crippen LogP contribution in [-0.4, -0.2) is 43.3 Å². The van der Waals surface area contributed by atoms with Crippen LogP contribution in [0.1, 0.15) is 5.56 Å². The first-order valence-electron chi connectivity index (χ1n) is 10.3. The fraction of sp³-hybridized carbons (Fsp3) is 0.240. The Morgan fingerprint density at radius 1 is 0.968 bits per heavy atom. The Kier molecular flexibility index (Phi) is 5.40. The van der Waals surface area contributed by atoms with E-state index in [1.165, 1.54) is 5.56 Å². The Morgan fingerprint density at radius 3 is 2.42 bits per heavy atom. The van der Waals surface area contributed by atoms with E-state index in [-0.39, 0.29) is 5.43 Å². The summed E-state index contributed by atoms with van der Waals surface area (Å²) in [6.45, 7) is 4.50. The molecule has 0 bridgehead atoms. The maximum atomic E-state index is 13.0. The second-order valence-corrected chi connectivity index (χ2v) is 8.24.